The molecule has 2 rings (SSSR count). The van der Waals surface area contributed by atoms with E-state index in [1.165, 1.54) is 0 Å². The van der Waals surface area contributed by atoms with E-state index in [4.69, 9.17) is 0 Å². The number of carbonyl (C=O) groups is 1. The number of hydrogen-bond acceptors (Lipinski definition) is 3. The van der Waals surface area contributed by atoms with Crippen LogP contribution in [0.25, 0.3) is 0 Å². The molecule has 0 spiro atoms. The molecule has 2 heterocycles. The highest BCUT2D eigenvalue weighted by atomic mass is 16.2. The molecule has 4 heteroatoms. The van der Waals surface area contributed by atoms with Crippen molar-refractivity contribution in [2.24, 2.45) is 5.92 Å². The van der Waals surface area contributed by atoms with Gasteiger partial charge in [0.15, 0.2) is 0 Å². The van der Waals surface area contributed by atoms with E-state index in [1.54, 1.807) is 6.20 Å². The van der Waals surface area contributed by atoms with Gasteiger partial charge < -0.3 is 10.2 Å². The van der Waals surface area contributed by atoms with Crippen LogP contribution in [0.5, 0.6) is 0 Å². The summed E-state index contributed by atoms with van der Waals surface area (Å²) in [6.45, 7) is 6.90. The summed E-state index contributed by atoms with van der Waals surface area (Å²) >= 11 is 0. The summed E-state index contributed by atoms with van der Waals surface area (Å²) in [6, 6.07) is 6.25. The molecule has 0 aromatic carbocycles. The average molecular weight is 289 g/mol. The molecule has 0 saturated carbocycles. The van der Waals surface area contributed by atoms with E-state index in [0.717, 1.165) is 38.0 Å². The summed E-state index contributed by atoms with van der Waals surface area (Å²) in [7, 11) is 0. The molecule has 1 atom stereocenters. The molecule has 21 heavy (non-hydrogen) atoms. The van der Waals surface area contributed by atoms with Gasteiger partial charge in [-0.3, -0.25) is 9.78 Å². The Hall–Kier alpha value is -1.42. The van der Waals surface area contributed by atoms with Gasteiger partial charge in [-0.2, -0.15) is 0 Å². The molecule has 0 bridgehead atoms. The third-order valence-electron chi connectivity index (χ3n) is 3.95. The first-order valence-corrected chi connectivity index (χ1v) is 8.07. The first-order chi connectivity index (χ1) is 10.2. The summed E-state index contributed by atoms with van der Waals surface area (Å²) in [5.74, 6) is 0.662. The number of pyridine rings is 1. The van der Waals surface area contributed by atoms with Crippen molar-refractivity contribution in [2.75, 3.05) is 13.1 Å². The van der Waals surface area contributed by atoms with Crippen molar-refractivity contribution in [3.63, 3.8) is 0 Å². The molecule has 1 saturated heterocycles. The average Bonchev–Trinajstić information content (AvgIpc) is 2.74. The van der Waals surface area contributed by atoms with Crippen molar-refractivity contribution in [3.05, 3.63) is 30.1 Å². The number of nitrogens with zero attached hydrogens (tertiary/aromatic N) is 2. The first kappa shape index (κ1) is 16.0. The number of aromatic nitrogens is 1. The zero-order valence-electron chi connectivity index (χ0n) is 13.2. The second-order valence-corrected chi connectivity index (χ2v) is 6.28. The first-order valence-electron chi connectivity index (χ1n) is 8.07. The highest BCUT2D eigenvalue weighted by molar-refractivity contribution is 5.76. The largest absolute Gasteiger partial charge is 0.334 e. The number of nitrogens with one attached hydrogen (secondary N) is 1. The molecular formula is C17H27N3O. The quantitative estimate of drug-likeness (QED) is 0.906. The normalized spacial score (nSPS) is 19.3. The van der Waals surface area contributed by atoms with Crippen molar-refractivity contribution >= 4 is 5.91 Å². The molecule has 1 aromatic rings. The number of carbonyl (C=O) groups excluding carboxylic acids is 1. The molecule has 1 unspecified atom stereocenters. The van der Waals surface area contributed by atoms with Crippen LogP contribution in [0.2, 0.25) is 0 Å². The Bertz CT molecular complexity index is 425. The molecule has 1 amide bonds. The van der Waals surface area contributed by atoms with Gasteiger partial charge in [0.05, 0.1) is 12.2 Å². The van der Waals surface area contributed by atoms with Crippen molar-refractivity contribution < 1.29 is 4.79 Å². The van der Waals surface area contributed by atoms with E-state index >= 15 is 0 Å². The lowest BCUT2D eigenvalue weighted by molar-refractivity contribution is -0.135. The number of hydrogen-bond donors (Lipinski definition) is 1. The second kappa shape index (κ2) is 8.13. The molecule has 1 aliphatic rings. The topological polar surface area (TPSA) is 45.2 Å². The molecule has 1 aromatic heterocycles. The zero-order chi connectivity index (χ0) is 15.1. The Morgan fingerprint density at radius 1 is 1.38 bits per heavy atom. The molecule has 116 valence electrons. The van der Waals surface area contributed by atoms with Crippen LogP contribution in [0, 0.1) is 5.92 Å². The lowest BCUT2D eigenvalue weighted by Gasteiger charge is -2.31. The molecule has 0 aliphatic carbocycles. The van der Waals surface area contributed by atoms with Crippen LogP contribution in [0.3, 0.4) is 0 Å². The van der Waals surface area contributed by atoms with Crippen LogP contribution in [0.15, 0.2) is 24.4 Å². The lowest BCUT2D eigenvalue weighted by atomic mass is 10.0. The van der Waals surface area contributed by atoms with Crippen LogP contribution in [0.1, 0.15) is 45.2 Å². The van der Waals surface area contributed by atoms with Gasteiger partial charge in [0.25, 0.3) is 0 Å². The van der Waals surface area contributed by atoms with E-state index < -0.39 is 0 Å². The van der Waals surface area contributed by atoms with Gasteiger partial charge >= 0.3 is 0 Å². The maximum absolute atomic E-state index is 12.6. The Morgan fingerprint density at radius 3 is 2.95 bits per heavy atom. The summed E-state index contributed by atoms with van der Waals surface area (Å²) in [5, 5.41) is 3.42. The van der Waals surface area contributed by atoms with Crippen molar-refractivity contribution in [1.82, 2.24) is 15.2 Å². The third-order valence-corrected chi connectivity index (χ3v) is 3.95. The smallest absolute Gasteiger partial charge is 0.223 e. The van der Waals surface area contributed by atoms with E-state index in [9.17, 15) is 4.79 Å². The van der Waals surface area contributed by atoms with Gasteiger partial charge in [0.2, 0.25) is 5.91 Å². The van der Waals surface area contributed by atoms with Crippen molar-refractivity contribution in [2.45, 2.75) is 52.1 Å². The Kier molecular flexibility index (Phi) is 6.18. The molecular weight excluding hydrogens is 262 g/mol. The van der Waals surface area contributed by atoms with Crippen molar-refractivity contribution in [1.29, 1.82) is 0 Å². The minimum absolute atomic E-state index is 0.266. The fourth-order valence-electron chi connectivity index (χ4n) is 2.87. The Balaban J connectivity index is 2.10. The second-order valence-electron chi connectivity index (χ2n) is 6.28. The molecule has 1 aliphatic heterocycles. The minimum Gasteiger partial charge on any atom is -0.334 e. The van der Waals surface area contributed by atoms with E-state index in [0.29, 0.717) is 24.9 Å². The Labute approximate surface area is 127 Å². The lowest BCUT2D eigenvalue weighted by Crippen LogP contribution is -2.41. The fourth-order valence-corrected chi connectivity index (χ4v) is 2.87. The summed E-state index contributed by atoms with van der Waals surface area (Å²) in [4.78, 5) is 19.1. The fraction of sp³-hybridized carbons (Fsp3) is 0.647. The van der Waals surface area contributed by atoms with E-state index in [1.807, 2.05) is 18.2 Å². The zero-order valence-corrected chi connectivity index (χ0v) is 13.2. The van der Waals surface area contributed by atoms with Gasteiger partial charge in [0.1, 0.15) is 0 Å². The monoisotopic (exact) mass is 289 g/mol. The number of amides is 1. The van der Waals surface area contributed by atoms with Crippen LogP contribution in [0.4, 0.5) is 0 Å². The highest BCUT2D eigenvalue weighted by Crippen LogP contribution is 2.18. The van der Waals surface area contributed by atoms with Gasteiger partial charge in [-0.25, -0.2) is 0 Å². The maximum atomic E-state index is 12.6. The van der Waals surface area contributed by atoms with Crippen LogP contribution >= 0.6 is 0 Å². The maximum Gasteiger partial charge on any atom is 0.223 e. The SMILES string of the molecule is CC(C)CC(=O)N(Cc1ccccn1)C1CCCNCC1. The summed E-state index contributed by atoms with van der Waals surface area (Å²) in [6.07, 6.45) is 5.69. The molecule has 4 nitrogen and oxygen atoms in total. The van der Waals surface area contributed by atoms with Gasteiger partial charge in [0, 0.05) is 18.7 Å². The predicted octanol–water partition coefficient (Wildman–Crippen LogP) is 2.60. The van der Waals surface area contributed by atoms with Crippen LogP contribution in [-0.2, 0) is 11.3 Å². The Morgan fingerprint density at radius 2 is 2.24 bits per heavy atom. The molecule has 1 N–H and O–H groups in total. The summed E-state index contributed by atoms with van der Waals surface area (Å²) in [5.41, 5.74) is 0.979. The predicted molar refractivity (Wildman–Crippen MR) is 84.8 cm³/mol. The third kappa shape index (κ3) is 5.12. The van der Waals surface area contributed by atoms with Gasteiger partial charge in [-0.05, 0) is 50.4 Å². The minimum atomic E-state index is 0.266. The molecule has 1 fully saturated rings. The van der Waals surface area contributed by atoms with E-state index in [-0.39, 0.29) is 5.91 Å². The molecule has 0 radical (unpaired) electrons. The number of rotatable bonds is 5. The summed E-state index contributed by atoms with van der Waals surface area (Å²) < 4.78 is 0. The van der Waals surface area contributed by atoms with Crippen LogP contribution in [-0.4, -0.2) is 34.9 Å². The van der Waals surface area contributed by atoms with E-state index in [2.05, 4.69) is 29.0 Å². The standard InChI is InChI=1S/C17H27N3O/c1-14(2)12-17(21)20(13-15-6-3-4-10-19-15)16-7-5-9-18-11-8-16/h3-4,6,10,14,16,18H,5,7-9,11-13H2,1-2H3. The van der Waals surface area contributed by atoms with Gasteiger partial charge in [-0.1, -0.05) is 19.9 Å². The van der Waals surface area contributed by atoms with Crippen molar-refractivity contribution in [3.8, 4) is 0 Å². The van der Waals surface area contributed by atoms with Gasteiger partial charge in [-0.15, -0.1) is 0 Å². The van der Waals surface area contributed by atoms with Crippen LogP contribution < -0.4 is 5.32 Å². The highest BCUT2D eigenvalue weighted by Gasteiger charge is 2.25.